The molecule has 0 saturated carbocycles. The molecule has 1 unspecified atom stereocenters. The van der Waals surface area contributed by atoms with Gasteiger partial charge in [0.05, 0.1) is 5.54 Å². The maximum absolute atomic E-state index is 4.36. The Morgan fingerprint density at radius 3 is 2.48 bits per heavy atom. The third kappa shape index (κ3) is 2.35. The van der Waals surface area contributed by atoms with Crippen LogP contribution in [-0.2, 0) is 5.54 Å². The first kappa shape index (κ1) is 13.6. The molecule has 3 nitrogen and oxygen atoms in total. The maximum atomic E-state index is 4.36. The van der Waals surface area contributed by atoms with Crippen LogP contribution in [0.4, 0.5) is 0 Å². The number of rotatable bonds is 2. The fourth-order valence-electron chi connectivity index (χ4n) is 2.80. The van der Waals surface area contributed by atoms with Crippen molar-refractivity contribution in [1.82, 2.24) is 14.9 Å². The first-order valence-corrected chi connectivity index (χ1v) is 7.09. The number of hydrogen-bond donors (Lipinski definition) is 0. The summed E-state index contributed by atoms with van der Waals surface area (Å²) in [6, 6.07) is 10.3. The molecule has 0 saturated heterocycles. The molecule has 1 aliphatic rings. The molecule has 3 rings (SSSR count). The lowest BCUT2D eigenvalue weighted by molar-refractivity contribution is 0.262. The molecule has 0 aliphatic carbocycles. The first-order valence-electron chi connectivity index (χ1n) is 7.09. The van der Waals surface area contributed by atoms with Crippen molar-refractivity contribution in [3.8, 4) is 0 Å². The first-order chi connectivity index (χ1) is 10.1. The molecule has 0 bridgehead atoms. The van der Waals surface area contributed by atoms with Gasteiger partial charge in [-0.3, -0.25) is 0 Å². The monoisotopic (exact) mass is 277 g/mol. The van der Waals surface area contributed by atoms with Gasteiger partial charge in [0.1, 0.15) is 0 Å². The van der Waals surface area contributed by atoms with E-state index in [1.54, 1.807) is 12.4 Å². The van der Waals surface area contributed by atoms with Crippen LogP contribution >= 0.6 is 0 Å². The van der Waals surface area contributed by atoms with Crippen LogP contribution in [0.1, 0.15) is 23.9 Å². The molecule has 1 atom stereocenters. The summed E-state index contributed by atoms with van der Waals surface area (Å²) in [6.45, 7) is 4.38. The number of allylic oxidation sites excluding steroid dienone is 2. The van der Waals surface area contributed by atoms with Gasteiger partial charge in [-0.2, -0.15) is 0 Å². The van der Waals surface area contributed by atoms with Crippen molar-refractivity contribution >= 4 is 5.57 Å². The van der Waals surface area contributed by atoms with E-state index in [1.807, 2.05) is 6.07 Å². The number of likely N-dealkylation sites (N-methyl/N-ethyl adjacent to an activating group) is 1. The highest BCUT2D eigenvalue weighted by molar-refractivity contribution is 5.72. The topological polar surface area (TPSA) is 29.0 Å². The maximum Gasteiger partial charge on any atom is 0.158 e. The number of aryl methyl sites for hydroxylation is 1. The summed E-state index contributed by atoms with van der Waals surface area (Å²) in [5.41, 5.74) is 3.44. The number of nitrogens with zero attached hydrogens (tertiary/aromatic N) is 3. The van der Waals surface area contributed by atoms with Gasteiger partial charge < -0.3 is 4.90 Å². The molecular weight excluding hydrogens is 258 g/mol. The Morgan fingerprint density at radius 2 is 1.76 bits per heavy atom. The zero-order valence-corrected chi connectivity index (χ0v) is 12.6. The predicted molar refractivity (Wildman–Crippen MR) is 85.4 cm³/mol. The van der Waals surface area contributed by atoms with Gasteiger partial charge in [-0.05, 0) is 43.2 Å². The lowest BCUT2D eigenvalue weighted by Gasteiger charge is -2.40. The van der Waals surface area contributed by atoms with Crippen LogP contribution in [0.25, 0.3) is 5.57 Å². The second kappa shape index (κ2) is 5.17. The third-order valence-corrected chi connectivity index (χ3v) is 4.16. The lowest BCUT2D eigenvalue weighted by Crippen LogP contribution is -2.38. The molecule has 106 valence electrons. The van der Waals surface area contributed by atoms with Crippen molar-refractivity contribution in [3.05, 3.63) is 78.0 Å². The fourth-order valence-corrected chi connectivity index (χ4v) is 2.80. The zero-order valence-electron chi connectivity index (χ0n) is 12.6. The minimum Gasteiger partial charge on any atom is -0.368 e. The summed E-state index contributed by atoms with van der Waals surface area (Å²) < 4.78 is 0. The van der Waals surface area contributed by atoms with E-state index < -0.39 is 0 Å². The molecule has 0 amide bonds. The molecule has 21 heavy (non-hydrogen) atoms. The minimum atomic E-state index is -0.200. The summed E-state index contributed by atoms with van der Waals surface area (Å²) in [6.07, 6.45) is 9.96. The normalized spacial score (nSPS) is 21.3. The molecule has 0 N–H and O–H groups in total. The van der Waals surface area contributed by atoms with Gasteiger partial charge in [-0.15, -0.1) is 0 Å². The molecule has 2 heterocycles. The minimum absolute atomic E-state index is 0.200. The van der Waals surface area contributed by atoms with Crippen molar-refractivity contribution in [2.75, 3.05) is 7.05 Å². The summed E-state index contributed by atoms with van der Waals surface area (Å²) in [5, 5.41) is 0. The van der Waals surface area contributed by atoms with Crippen molar-refractivity contribution in [2.24, 2.45) is 0 Å². The van der Waals surface area contributed by atoms with E-state index in [1.165, 1.54) is 11.1 Å². The van der Waals surface area contributed by atoms with Crippen LogP contribution in [0.3, 0.4) is 0 Å². The number of hydrogen-bond acceptors (Lipinski definition) is 3. The highest BCUT2D eigenvalue weighted by Crippen LogP contribution is 2.36. The summed E-state index contributed by atoms with van der Waals surface area (Å²) in [5.74, 6) is 0.765. The molecule has 2 aromatic rings. The second-order valence-electron chi connectivity index (χ2n) is 5.56. The standard InChI is InChI=1S/C18H19N3/c1-14-7-4-5-8-16(14)18(2)13-15(9-12-21(18)3)17-19-10-6-11-20-17/h4-13H,1-3H3. The number of aromatic nitrogens is 2. The molecule has 1 aromatic heterocycles. The van der Waals surface area contributed by atoms with Gasteiger partial charge in [0.2, 0.25) is 0 Å². The van der Waals surface area contributed by atoms with Crippen molar-refractivity contribution in [2.45, 2.75) is 19.4 Å². The Kier molecular flexibility index (Phi) is 3.34. The molecule has 0 spiro atoms. The molecule has 0 radical (unpaired) electrons. The van der Waals surface area contributed by atoms with Gasteiger partial charge in [-0.1, -0.05) is 24.3 Å². The van der Waals surface area contributed by atoms with E-state index in [2.05, 4.69) is 78.4 Å². The van der Waals surface area contributed by atoms with Gasteiger partial charge >= 0.3 is 0 Å². The van der Waals surface area contributed by atoms with E-state index >= 15 is 0 Å². The highest BCUT2D eigenvalue weighted by atomic mass is 15.2. The lowest BCUT2D eigenvalue weighted by atomic mass is 9.84. The molecule has 0 fully saturated rings. The Hall–Kier alpha value is -2.42. The smallest absolute Gasteiger partial charge is 0.158 e. The zero-order chi connectivity index (χ0) is 14.9. The predicted octanol–water partition coefficient (Wildman–Crippen LogP) is 3.54. The van der Waals surface area contributed by atoms with Gasteiger partial charge in [-0.25, -0.2) is 9.97 Å². The van der Waals surface area contributed by atoms with E-state index in [0.717, 1.165) is 11.4 Å². The van der Waals surface area contributed by atoms with E-state index in [0.29, 0.717) is 0 Å². The second-order valence-corrected chi connectivity index (χ2v) is 5.56. The Morgan fingerprint density at radius 1 is 1.05 bits per heavy atom. The largest absolute Gasteiger partial charge is 0.368 e. The number of benzene rings is 1. The molecular formula is C18H19N3. The van der Waals surface area contributed by atoms with Crippen molar-refractivity contribution < 1.29 is 0 Å². The van der Waals surface area contributed by atoms with Crippen LogP contribution < -0.4 is 0 Å². The fraction of sp³-hybridized carbons (Fsp3) is 0.222. The highest BCUT2D eigenvalue weighted by Gasteiger charge is 2.31. The van der Waals surface area contributed by atoms with Crippen LogP contribution in [0.5, 0.6) is 0 Å². The van der Waals surface area contributed by atoms with Gasteiger partial charge in [0.15, 0.2) is 5.82 Å². The Bertz CT molecular complexity index is 703. The van der Waals surface area contributed by atoms with E-state index in [9.17, 15) is 0 Å². The molecule has 1 aromatic carbocycles. The van der Waals surface area contributed by atoms with Gasteiger partial charge in [0.25, 0.3) is 0 Å². The summed E-state index contributed by atoms with van der Waals surface area (Å²) in [7, 11) is 2.10. The SMILES string of the molecule is Cc1ccccc1C1(C)C=C(c2ncccn2)C=CN1C. The average Bonchev–Trinajstić information content (AvgIpc) is 2.51. The molecule has 3 heteroatoms. The summed E-state index contributed by atoms with van der Waals surface area (Å²) >= 11 is 0. The van der Waals surface area contributed by atoms with Crippen LogP contribution in [0.15, 0.2) is 61.1 Å². The van der Waals surface area contributed by atoms with E-state index in [4.69, 9.17) is 0 Å². The van der Waals surface area contributed by atoms with Gasteiger partial charge in [0, 0.05) is 31.2 Å². The third-order valence-electron chi connectivity index (χ3n) is 4.16. The van der Waals surface area contributed by atoms with E-state index in [-0.39, 0.29) is 5.54 Å². The Labute approximate surface area is 125 Å². The van der Waals surface area contributed by atoms with Crippen molar-refractivity contribution in [3.63, 3.8) is 0 Å². The van der Waals surface area contributed by atoms with Crippen LogP contribution in [-0.4, -0.2) is 21.9 Å². The Balaban J connectivity index is 2.11. The summed E-state index contributed by atoms with van der Waals surface area (Å²) in [4.78, 5) is 10.9. The van der Waals surface area contributed by atoms with Crippen LogP contribution in [0.2, 0.25) is 0 Å². The van der Waals surface area contributed by atoms with Crippen molar-refractivity contribution in [1.29, 1.82) is 0 Å². The quantitative estimate of drug-likeness (QED) is 0.840. The molecule has 1 aliphatic heterocycles. The van der Waals surface area contributed by atoms with Crippen LogP contribution in [0, 0.1) is 6.92 Å². The average molecular weight is 277 g/mol.